The lowest BCUT2D eigenvalue weighted by Crippen LogP contribution is -2.35. The summed E-state index contributed by atoms with van der Waals surface area (Å²) in [5.41, 5.74) is 3.28. The first kappa shape index (κ1) is 17.7. The first-order chi connectivity index (χ1) is 14.1. The molecule has 1 fully saturated rings. The number of hydrogen-bond donors (Lipinski definition) is 0. The van der Waals surface area contributed by atoms with E-state index in [4.69, 9.17) is 0 Å². The molecule has 0 N–H and O–H groups in total. The largest absolute Gasteiger partial charge is 0.339 e. The summed E-state index contributed by atoms with van der Waals surface area (Å²) in [4.78, 5) is 27.3. The van der Waals surface area contributed by atoms with Crippen LogP contribution < -0.4 is 5.56 Å². The van der Waals surface area contributed by atoms with Crippen LogP contribution >= 0.6 is 0 Å². The molecular weight excluding hydrogens is 364 g/mol. The van der Waals surface area contributed by atoms with Gasteiger partial charge in [-0.15, -0.1) is 0 Å². The molecule has 0 radical (unpaired) electrons. The number of benzene rings is 1. The Bertz CT molecular complexity index is 1300. The standard InChI is InChI=1S/C23H22N4O2/c1-25-13-10-16-14-17(8-9-18(16)22(25)28)20-6-5-7-21-19(15-24-27(20)21)23(29)26-11-3-2-4-12-26/h5-10,13-15H,2-4,11-12H2,1H3. The van der Waals surface area contributed by atoms with E-state index < -0.39 is 0 Å². The van der Waals surface area contributed by atoms with Crippen molar-refractivity contribution in [2.45, 2.75) is 19.3 Å². The summed E-state index contributed by atoms with van der Waals surface area (Å²) in [6.07, 6.45) is 6.76. The molecule has 1 aliphatic rings. The summed E-state index contributed by atoms with van der Waals surface area (Å²) < 4.78 is 3.40. The quantitative estimate of drug-likeness (QED) is 0.530. The summed E-state index contributed by atoms with van der Waals surface area (Å²) in [5.74, 6) is 0.0545. The van der Waals surface area contributed by atoms with E-state index >= 15 is 0 Å². The van der Waals surface area contributed by atoms with E-state index in [1.165, 1.54) is 6.42 Å². The van der Waals surface area contributed by atoms with Crippen molar-refractivity contribution in [2.75, 3.05) is 13.1 Å². The molecule has 6 nitrogen and oxygen atoms in total. The molecule has 0 unspecified atom stereocenters. The van der Waals surface area contributed by atoms with Gasteiger partial charge >= 0.3 is 0 Å². The highest BCUT2D eigenvalue weighted by atomic mass is 16.2. The fourth-order valence-electron chi connectivity index (χ4n) is 4.17. The van der Waals surface area contributed by atoms with Gasteiger partial charge in [0.05, 0.1) is 23.0 Å². The molecular formula is C23H22N4O2. The number of hydrogen-bond acceptors (Lipinski definition) is 3. The third kappa shape index (κ3) is 2.92. The van der Waals surface area contributed by atoms with Crippen molar-refractivity contribution in [3.8, 4) is 11.3 Å². The van der Waals surface area contributed by atoms with Gasteiger partial charge in [0.25, 0.3) is 11.5 Å². The number of nitrogens with zero attached hydrogens (tertiary/aromatic N) is 4. The van der Waals surface area contributed by atoms with Gasteiger partial charge in [-0.05, 0) is 55.0 Å². The number of aromatic nitrogens is 3. The van der Waals surface area contributed by atoms with Crippen LogP contribution in [-0.2, 0) is 7.05 Å². The van der Waals surface area contributed by atoms with Gasteiger partial charge in [-0.25, -0.2) is 4.52 Å². The van der Waals surface area contributed by atoms with Gasteiger partial charge in [0.15, 0.2) is 0 Å². The van der Waals surface area contributed by atoms with Crippen molar-refractivity contribution < 1.29 is 4.79 Å². The molecule has 1 aromatic carbocycles. The Hall–Kier alpha value is -3.41. The minimum atomic E-state index is -0.0132. The summed E-state index contributed by atoms with van der Waals surface area (Å²) in [6, 6.07) is 13.6. The smallest absolute Gasteiger partial charge is 0.258 e. The predicted octanol–water partition coefficient (Wildman–Crippen LogP) is 3.48. The summed E-state index contributed by atoms with van der Waals surface area (Å²) >= 11 is 0. The van der Waals surface area contributed by atoms with Gasteiger partial charge in [-0.3, -0.25) is 9.59 Å². The van der Waals surface area contributed by atoms with Gasteiger partial charge in [0.2, 0.25) is 0 Å². The predicted molar refractivity (Wildman–Crippen MR) is 113 cm³/mol. The van der Waals surface area contributed by atoms with E-state index in [1.54, 1.807) is 24.0 Å². The average Bonchev–Trinajstić information content (AvgIpc) is 3.20. The number of likely N-dealkylation sites (tertiary alicyclic amines) is 1. The summed E-state index contributed by atoms with van der Waals surface area (Å²) in [6.45, 7) is 1.63. The maximum absolute atomic E-state index is 13.0. The van der Waals surface area contributed by atoms with Crippen LogP contribution in [0.3, 0.4) is 0 Å². The molecule has 5 rings (SSSR count). The number of amides is 1. The van der Waals surface area contributed by atoms with Gasteiger partial charge in [-0.2, -0.15) is 5.10 Å². The number of pyridine rings is 2. The molecule has 0 bridgehead atoms. The zero-order valence-corrected chi connectivity index (χ0v) is 16.3. The second-order valence-electron chi connectivity index (χ2n) is 7.65. The molecule has 4 aromatic rings. The molecule has 1 aliphatic heterocycles. The van der Waals surface area contributed by atoms with Crippen molar-refractivity contribution in [3.05, 3.63) is 70.8 Å². The van der Waals surface area contributed by atoms with Gasteiger partial charge in [0.1, 0.15) is 0 Å². The number of carbonyl (C=O) groups excluding carboxylic acids is 1. The number of aryl methyl sites for hydroxylation is 1. The first-order valence-corrected chi connectivity index (χ1v) is 9.99. The Morgan fingerprint density at radius 3 is 2.69 bits per heavy atom. The Kier molecular flexibility index (Phi) is 4.19. The Labute approximate surface area is 168 Å². The average molecular weight is 386 g/mol. The van der Waals surface area contributed by atoms with Crippen LogP contribution in [0.5, 0.6) is 0 Å². The fourth-order valence-corrected chi connectivity index (χ4v) is 4.17. The van der Waals surface area contributed by atoms with Crippen LogP contribution in [0.1, 0.15) is 29.6 Å². The zero-order chi connectivity index (χ0) is 20.0. The van der Waals surface area contributed by atoms with Crippen LogP contribution in [0.15, 0.2) is 59.7 Å². The van der Waals surface area contributed by atoms with Crippen molar-refractivity contribution in [3.63, 3.8) is 0 Å². The highest BCUT2D eigenvalue weighted by Crippen LogP contribution is 2.26. The number of carbonyl (C=O) groups is 1. The molecule has 1 saturated heterocycles. The van der Waals surface area contributed by atoms with E-state index in [1.807, 2.05) is 51.9 Å². The van der Waals surface area contributed by atoms with Crippen molar-refractivity contribution in [1.29, 1.82) is 0 Å². The second kappa shape index (κ2) is 6.88. The molecule has 6 heteroatoms. The summed E-state index contributed by atoms with van der Waals surface area (Å²) in [5, 5.41) is 6.10. The molecule has 0 atom stereocenters. The molecule has 0 spiro atoms. The topological polar surface area (TPSA) is 59.6 Å². The van der Waals surface area contributed by atoms with Gasteiger partial charge in [0, 0.05) is 37.3 Å². The SMILES string of the molecule is Cn1ccc2cc(-c3cccc4c(C(=O)N5CCCCC5)cnn34)ccc2c1=O. The second-order valence-corrected chi connectivity index (χ2v) is 7.65. The summed E-state index contributed by atoms with van der Waals surface area (Å²) in [7, 11) is 1.75. The number of rotatable bonds is 2. The Morgan fingerprint density at radius 2 is 1.86 bits per heavy atom. The lowest BCUT2D eigenvalue weighted by atomic mass is 10.1. The molecule has 146 valence electrons. The van der Waals surface area contributed by atoms with Crippen LogP contribution in [0.4, 0.5) is 0 Å². The lowest BCUT2D eigenvalue weighted by molar-refractivity contribution is 0.0726. The molecule has 29 heavy (non-hydrogen) atoms. The molecule has 0 saturated carbocycles. The lowest BCUT2D eigenvalue weighted by Gasteiger charge is -2.26. The number of piperidine rings is 1. The van der Waals surface area contributed by atoms with Crippen LogP contribution in [0, 0.1) is 0 Å². The van der Waals surface area contributed by atoms with E-state index in [-0.39, 0.29) is 11.5 Å². The third-order valence-electron chi connectivity index (χ3n) is 5.79. The van der Waals surface area contributed by atoms with Crippen LogP contribution in [-0.4, -0.2) is 38.1 Å². The maximum Gasteiger partial charge on any atom is 0.258 e. The monoisotopic (exact) mass is 386 g/mol. The third-order valence-corrected chi connectivity index (χ3v) is 5.79. The fraction of sp³-hybridized carbons (Fsp3) is 0.261. The van der Waals surface area contributed by atoms with E-state index in [9.17, 15) is 9.59 Å². The zero-order valence-electron chi connectivity index (χ0n) is 16.3. The molecule has 1 amide bonds. The minimum absolute atomic E-state index is 0.0132. The van der Waals surface area contributed by atoms with Gasteiger partial charge in [-0.1, -0.05) is 12.1 Å². The van der Waals surface area contributed by atoms with Gasteiger partial charge < -0.3 is 9.47 Å². The van der Waals surface area contributed by atoms with Crippen molar-refractivity contribution in [1.82, 2.24) is 19.1 Å². The van der Waals surface area contributed by atoms with Crippen molar-refractivity contribution in [2.24, 2.45) is 7.05 Å². The Morgan fingerprint density at radius 1 is 1.03 bits per heavy atom. The highest BCUT2D eigenvalue weighted by Gasteiger charge is 2.22. The number of fused-ring (bicyclic) bond motifs is 2. The van der Waals surface area contributed by atoms with Crippen LogP contribution in [0.25, 0.3) is 27.5 Å². The molecule has 0 aliphatic carbocycles. The first-order valence-electron chi connectivity index (χ1n) is 9.99. The van der Waals surface area contributed by atoms with E-state index in [0.717, 1.165) is 48.1 Å². The van der Waals surface area contributed by atoms with E-state index in [2.05, 4.69) is 5.10 Å². The highest BCUT2D eigenvalue weighted by molar-refractivity contribution is 6.01. The normalized spacial score (nSPS) is 14.6. The van der Waals surface area contributed by atoms with Crippen molar-refractivity contribution >= 4 is 22.2 Å². The molecule has 4 heterocycles. The Balaban J connectivity index is 1.60. The molecule has 3 aromatic heterocycles. The van der Waals surface area contributed by atoms with E-state index in [0.29, 0.717) is 10.9 Å². The minimum Gasteiger partial charge on any atom is -0.339 e. The maximum atomic E-state index is 13.0. The van der Waals surface area contributed by atoms with Crippen LogP contribution in [0.2, 0.25) is 0 Å².